The number of nitrogens with zero attached hydrogens (tertiary/aromatic N) is 2. The van der Waals surface area contributed by atoms with Gasteiger partial charge in [0.25, 0.3) is 17.2 Å². The first kappa shape index (κ1) is 17.9. The summed E-state index contributed by atoms with van der Waals surface area (Å²) in [5.74, 6) is -2.23. The summed E-state index contributed by atoms with van der Waals surface area (Å²) in [4.78, 5) is 35.4. The van der Waals surface area contributed by atoms with Crippen LogP contribution >= 0.6 is 0 Å². The number of amides is 1. The third-order valence-corrected chi connectivity index (χ3v) is 4.11. The minimum absolute atomic E-state index is 0.201. The SMILES string of the molecule is CCn1c(=O)c(C(=O)Nc2cc([N+](=O)[O-])ccc2O)c([O-])c2ccccc21. The van der Waals surface area contributed by atoms with Gasteiger partial charge in [0, 0.05) is 18.7 Å². The van der Waals surface area contributed by atoms with Crippen LogP contribution in [0.3, 0.4) is 0 Å². The van der Waals surface area contributed by atoms with Crippen LogP contribution in [-0.4, -0.2) is 20.5 Å². The molecule has 3 aromatic rings. The van der Waals surface area contributed by atoms with Crippen LogP contribution in [0.1, 0.15) is 17.3 Å². The highest BCUT2D eigenvalue weighted by Crippen LogP contribution is 2.29. The highest BCUT2D eigenvalue weighted by molar-refractivity contribution is 6.09. The molecule has 27 heavy (non-hydrogen) atoms. The summed E-state index contributed by atoms with van der Waals surface area (Å²) in [6, 6.07) is 9.44. The first-order valence-electron chi connectivity index (χ1n) is 7.96. The molecule has 9 nitrogen and oxygen atoms in total. The Morgan fingerprint density at radius 3 is 2.63 bits per heavy atom. The quantitative estimate of drug-likeness (QED) is 0.410. The lowest BCUT2D eigenvalue weighted by atomic mass is 10.1. The lowest BCUT2D eigenvalue weighted by molar-refractivity contribution is -0.384. The standard InChI is InChI=1S/C18H15N3O6/c1-2-20-13-6-4-3-5-11(13)16(23)15(18(20)25)17(24)19-12-9-10(21(26)27)7-8-14(12)22/h3-9,22-23H,2H2,1H3,(H,19,24)/p-1. The summed E-state index contributed by atoms with van der Waals surface area (Å²) >= 11 is 0. The zero-order valence-electron chi connectivity index (χ0n) is 14.1. The van der Waals surface area contributed by atoms with E-state index in [0.717, 1.165) is 18.2 Å². The van der Waals surface area contributed by atoms with Gasteiger partial charge in [0.2, 0.25) is 0 Å². The smallest absolute Gasteiger partial charge is 0.271 e. The van der Waals surface area contributed by atoms with Crippen LogP contribution in [0.15, 0.2) is 47.3 Å². The van der Waals surface area contributed by atoms with Gasteiger partial charge in [0.15, 0.2) is 0 Å². The molecule has 0 atom stereocenters. The van der Waals surface area contributed by atoms with E-state index in [-0.39, 0.29) is 23.3 Å². The number of para-hydroxylation sites is 1. The molecule has 0 fully saturated rings. The van der Waals surface area contributed by atoms with Crippen LogP contribution in [0.2, 0.25) is 0 Å². The molecule has 1 aromatic heterocycles. The molecule has 2 aromatic carbocycles. The van der Waals surface area contributed by atoms with E-state index in [1.54, 1.807) is 25.1 Å². The summed E-state index contributed by atoms with van der Waals surface area (Å²) in [5.41, 5.74) is -1.63. The van der Waals surface area contributed by atoms with Crippen molar-refractivity contribution in [2.24, 2.45) is 0 Å². The Hall–Kier alpha value is -3.88. The van der Waals surface area contributed by atoms with Crippen molar-refractivity contribution in [3.05, 3.63) is 68.5 Å². The number of phenolic OH excluding ortho intramolecular Hbond substituents is 1. The van der Waals surface area contributed by atoms with E-state index in [1.165, 1.54) is 10.6 Å². The number of aromatic nitrogens is 1. The lowest BCUT2D eigenvalue weighted by Crippen LogP contribution is -2.31. The molecular weight excluding hydrogens is 354 g/mol. The fraction of sp³-hybridized carbons (Fsp3) is 0.111. The van der Waals surface area contributed by atoms with Crippen molar-refractivity contribution < 1.29 is 19.9 Å². The molecular formula is C18H14N3O6-. The zero-order chi connectivity index (χ0) is 19.7. The molecule has 0 bridgehead atoms. The van der Waals surface area contributed by atoms with Crippen LogP contribution in [0.4, 0.5) is 11.4 Å². The Morgan fingerprint density at radius 1 is 1.26 bits per heavy atom. The first-order valence-corrected chi connectivity index (χ1v) is 7.96. The van der Waals surface area contributed by atoms with Crippen molar-refractivity contribution in [1.82, 2.24) is 4.57 Å². The monoisotopic (exact) mass is 368 g/mol. The van der Waals surface area contributed by atoms with Gasteiger partial charge in [0.05, 0.1) is 21.7 Å². The van der Waals surface area contributed by atoms with Crippen molar-refractivity contribution in [2.75, 3.05) is 5.32 Å². The van der Waals surface area contributed by atoms with Crippen LogP contribution in [0, 0.1) is 10.1 Å². The summed E-state index contributed by atoms with van der Waals surface area (Å²) < 4.78 is 1.29. The molecule has 2 N–H and O–H groups in total. The second-order valence-electron chi connectivity index (χ2n) is 5.68. The Bertz CT molecular complexity index is 1140. The Morgan fingerprint density at radius 2 is 1.96 bits per heavy atom. The molecule has 138 valence electrons. The maximum absolute atomic E-state index is 12.7. The van der Waals surface area contributed by atoms with Crippen LogP contribution in [0.25, 0.3) is 10.9 Å². The number of carbonyl (C=O) groups is 1. The number of nitro benzene ring substituents is 1. The molecule has 0 saturated carbocycles. The summed E-state index contributed by atoms with van der Waals surface area (Å²) in [6.07, 6.45) is 0. The van der Waals surface area contributed by atoms with Crippen molar-refractivity contribution in [3.63, 3.8) is 0 Å². The van der Waals surface area contributed by atoms with Gasteiger partial charge in [-0.05, 0) is 24.4 Å². The number of pyridine rings is 1. The number of rotatable bonds is 4. The van der Waals surface area contributed by atoms with Crippen LogP contribution in [0.5, 0.6) is 11.5 Å². The number of phenols is 1. The van der Waals surface area contributed by atoms with Gasteiger partial charge in [0.1, 0.15) is 5.75 Å². The van der Waals surface area contributed by atoms with Crippen LogP contribution in [-0.2, 0) is 6.54 Å². The summed E-state index contributed by atoms with van der Waals surface area (Å²) in [6.45, 7) is 1.94. The second kappa shape index (κ2) is 6.79. The number of aromatic hydroxyl groups is 1. The normalized spacial score (nSPS) is 10.7. The predicted octanol–water partition coefficient (Wildman–Crippen LogP) is 1.96. The number of nitrogens with one attached hydrogen (secondary N) is 1. The van der Waals surface area contributed by atoms with Crippen LogP contribution < -0.4 is 16.0 Å². The number of hydrogen-bond donors (Lipinski definition) is 2. The number of anilines is 1. The Labute approximate surface area is 152 Å². The number of hydrogen-bond acceptors (Lipinski definition) is 6. The topological polar surface area (TPSA) is 138 Å². The number of fused-ring (bicyclic) bond motifs is 1. The van der Waals surface area contributed by atoms with E-state index in [2.05, 4.69) is 5.32 Å². The largest absolute Gasteiger partial charge is 0.871 e. The predicted molar refractivity (Wildman–Crippen MR) is 96.0 cm³/mol. The zero-order valence-corrected chi connectivity index (χ0v) is 14.1. The van der Waals surface area contributed by atoms with E-state index in [0.29, 0.717) is 5.52 Å². The number of benzene rings is 2. The van der Waals surface area contributed by atoms with Crippen molar-refractivity contribution in [3.8, 4) is 11.5 Å². The van der Waals surface area contributed by atoms with E-state index < -0.39 is 33.5 Å². The summed E-state index contributed by atoms with van der Waals surface area (Å²) in [7, 11) is 0. The number of non-ortho nitro benzene ring substituents is 1. The van der Waals surface area contributed by atoms with E-state index in [1.807, 2.05) is 0 Å². The summed E-state index contributed by atoms with van der Waals surface area (Å²) in [5, 5.41) is 35.8. The Balaban J connectivity index is 2.14. The van der Waals surface area contributed by atoms with Gasteiger partial charge in [-0.25, -0.2) is 0 Å². The van der Waals surface area contributed by atoms with Gasteiger partial charge in [-0.1, -0.05) is 23.9 Å². The lowest BCUT2D eigenvalue weighted by Gasteiger charge is -2.19. The molecule has 0 saturated heterocycles. The van der Waals surface area contributed by atoms with Crippen molar-refractivity contribution >= 4 is 28.2 Å². The fourth-order valence-corrected chi connectivity index (χ4v) is 2.81. The van der Waals surface area contributed by atoms with E-state index in [9.17, 15) is 29.9 Å². The molecule has 3 rings (SSSR count). The van der Waals surface area contributed by atoms with Crippen molar-refractivity contribution in [2.45, 2.75) is 13.5 Å². The highest BCUT2D eigenvalue weighted by atomic mass is 16.6. The maximum atomic E-state index is 12.7. The van der Waals surface area contributed by atoms with Crippen molar-refractivity contribution in [1.29, 1.82) is 0 Å². The second-order valence-corrected chi connectivity index (χ2v) is 5.68. The molecule has 0 spiro atoms. The van der Waals surface area contributed by atoms with E-state index in [4.69, 9.17) is 0 Å². The molecule has 9 heteroatoms. The third kappa shape index (κ3) is 3.06. The van der Waals surface area contributed by atoms with Gasteiger partial charge in [-0.2, -0.15) is 0 Å². The molecule has 1 heterocycles. The van der Waals surface area contributed by atoms with Gasteiger partial charge in [-0.15, -0.1) is 0 Å². The molecule has 0 unspecified atom stereocenters. The average Bonchev–Trinajstić information content (AvgIpc) is 2.64. The molecule has 0 aliphatic rings. The van der Waals surface area contributed by atoms with Gasteiger partial charge >= 0.3 is 0 Å². The maximum Gasteiger partial charge on any atom is 0.271 e. The Kier molecular flexibility index (Phi) is 4.51. The number of carbonyl (C=O) groups excluding carboxylic acids is 1. The molecule has 0 radical (unpaired) electrons. The average molecular weight is 368 g/mol. The number of nitro groups is 1. The first-order chi connectivity index (χ1) is 12.8. The molecule has 1 amide bonds. The molecule has 0 aliphatic heterocycles. The van der Waals surface area contributed by atoms with E-state index >= 15 is 0 Å². The third-order valence-electron chi connectivity index (χ3n) is 4.11. The van der Waals surface area contributed by atoms with Gasteiger partial charge in [-0.3, -0.25) is 19.7 Å². The fourth-order valence-electron chi connectivity index (χ4n) is 2.81. The highest BCUT2D eigenvalue weighted by Gasteiger charge is 2.19. The number of aryl methyl sites for hydroxylation is 1. The minimum atomic E-state index is -1.05. The van der Waals surface area contributed by atoms with Gasteiger partial charge < -0.3 is 20.1 Å². The minimum Gasteiger partial charge on any atom is -0.871 e. The molecule has 0 aliphatic carbocycles.